The molecule has 0 aliphatic heterocycles. The fraction of sp³-hybridized carbons (Fsp3) is 0.588. The normalized spacial score (nSPS) is 13.0. The van der Waals surface area contributed by atoms with Gasteiger partial charge in [-0.1, -0.05) is 6.07 Å². The summed E-state index contributed by atoms with van der Waals surface area (Å²) in [6.07, 6.45) is -0.896. The number of nitrogens with two attached hydrogens (primary N) is 1. The summed E-state index contributed by atoms with van der Waals surface area (Å²) in [6, 6.07) is 5.59. The van der Waals surface area contributed by atoms with Crippen LogP contribution in [0.15, 0.2) is 18.2 Å². The van der Waals surface area contributed by atoms with Gasteiger partial charge in [-0.15, -0.1) is 0 Å². The lowest BCUT2D eigenvalue weighted by Crippen LogP contribution is -2.53. The van der Waals surface area contributed by atoms with E-state index in [0.29, 0.717) is 24.5 Å². The fourth-order valence-corrected chi connectivity index (χ4v) is 2.93. The second-order valence-corrected chi connectivity index (χ2v) is 6.95. The first-order chi connectivity index (χ1) is 10.6. The largest absolute Gasteiger partial charge is 0.495 e. The van der Waals surface area contributed by atoms with Crippen LogP contribution in [0.25, 0.3) is 0 Å². The number of anilines is 1. The first kappa shape index (κ1) is 19.1. The number of hydrogen-bond donors (Lipinski definition) is 2. The minimum absolute atomic E-state index is 0.118. The Morgan fingerprint density at radius 3 is 2.43 bits per heavy atom. The number of rotatable bonds is 6. The Bertz CT molecular complexity index is 540. The van der Waals surface area contributed by atoms with Crippen LogP contribution in [0.4, 0.5) is 10.5 Å². The van der Waals surface area contributed by atoms with Gasteiger partial charge in [0.1, 0.15) is 5.75 Å². The maximum absolute atomic E-state index is 11.5. The van der Waals surface area contributed by atoms with Crippen molar-refractivity contribution >= 4 is 11.8 Å². The van der Waals surface area contributed by atoms with Crippen LogP contribution in [-0.2, 0) is 6.54 Å². The molecule has 1 rings (SSSR count). The van der Waals surface area contributed by atoms with Crippen LogP contribution in [-0.4, -0.2) is 53.3 Å². The first-order valence-corrected chi connectivity index (χ1v) is 7.69. The lowest BCUT2D eigenvalue weighted by Gasteiger charge is -2.39. The van der Waals surface area contributed by atoms with Crippen molar-refractivity contribution in [2.24, 2.45) is 0 Å². The number of likely N-dealkylation sites (N-methyl/N-ethyl adjacent to an activating group) is 1. The second kappa shape index (κ2) is 7.55. The summed E-state index contributed by atoms with van der Waals surface area (Å²) in [5.74, 6) is 0.662. The van der Waals surface area contributed by atoms with Crippen LogP contribution in [0.1, 0.15) is 33.3 Å². The molecule has 0 heterocycles. The van der Waals surface area contributed by atoms with E-state index in [1.807, 2.05) is 52.9 Å². The van der Waals surface area contributed by atoms with E-state index in [9.17, 15) is 9.90 Å². The Hall–Kier alpha value is -1.95. The molecule has 0 saturated heterocycles. The van der Waals surface area contributed by atoms with E-state index in [-0.39, 0.29) is 6.04 Å². The summed E-state index contributed by atoms with van der Waals surface area (Å²) in [6.45, 7) is 8.97. The van der Waals surface area contributed by atoms with Crippen molar-refractivity contribution < 1.29 is 14.6 Å². The van der Waals surface area contributed by atoms with Gasteiger partial charge in [0, 0.05) is 24.7 Å². The molecular formula is C17H29N3O3. The van der Waals surface area contributed by atoms with E-state index in [1.165, 1.54) is 4.90 Å². The number of amides is 1. The second-order valence-electron chi connectivity index (χ2n) is 6.95. The summed E-state index contributed by atoms with van der Waals surface area (Å²) < 4.78 is 5.15. The van der Waals surface area contributed by atoms with E-state index < -0.39 is 11.6 Å². The highest BCUT2D eigenvalue weighted by Crippen LogP contribution is 2.23. The number of ether oxygens (including phenoxy) is 1. The summed E-state index contributed by atoms with van der Waals surface area (Å²) in [7, 11) is 3.56. The Kier molecular flexibility index (Phi) is 6.27. The summed E-state index contributed by atoms with van der Waals surface area (Å²) >= 11 is 0. The van der Waals surface area contributed by atoms with Crippen molar-refractivity contribution in [1.82, 2.24) is 9.80 Å². The summed E-state index contributed by atoms with van der Waals surface area (Å²) in [5.41, 5.74) is 7.16. The number of hydrogen-bond acceptors (Lipinski definition) is 4. The maximum Gasteiger partial charge on any atom is 0.408 e. The molecule has 1 amide bonds. The Morgan fingerprint density at radius 2 is 2.00 bits per heavy atom. The molecule has 6 heteroatoms. The van der Waals surface area contributed by atoms with Crippen molar-refractivity contribution in [3.05, 3.63) is 23.8 Å². The lowest BCUT2D eigenvalue weighted by molar-refractivity contribution is 0.0634. The monoisotopic (exact) mass is 323 g/mol. The van der Waals surface area contributed by atoms with Gasteiger partial charge in [0.15, 0.2) is 0 Å². The minimum atomic E-state index is -0.896. The van der Waals surface area contributed by atoms with Crippen molar-refractivity contribution in [3.8, 4) is 5.75 Å². The van der Waals surface area contributed by atoms with Crippen LogP contribution in [0.3, 0.4) is 0 Å². The van der Waals surface area contributed by atoms with Crippen LogP contribution < -0.4 is 10.5 Å². The van der Waals surface area contributed by atoms with Gasteiger partial charge in [0.05, 0.1) is 12.8 Å². The van der Waals surface area contributed by atoms with E-state index in [0.717, 1.165) is 5.56 Å². The molecule has 1 aromatic carbocycles. The van der Waals surface area contributed by atoms with E-state index in [1.54, 1.807) is 7.11 Å². The van der Waals surface area contributed by atoms with Gasteiger partial charge in [-0.05, 0) is 52.4 Å². The fourth-order valence-electron chi connectivity index (χ4n) is 2.93. The molecule has 0 spiro atoms. The lowest BCUT2D eigenvalue weighted by atomic mass is 10.0. The average molecular weight is 323 g/mol. The number of carbonyl (C=O) groups is 1. The van der Waals surface area contributed by atoms with Crippen molar-refractivity contribution in [1.29, 1.82) is 0 Å². The molecule has 0 radical (unpaired) electrons. The highest BCUT2D eigenvalue weighted by Gasteiger charge is 2.31. The highest BCUT2D eigenvalue weighted by atomic mass is 16.5. The molecule has 0 bridgehead atoms. The van der Waals surface area contributed by atoms with Gasteiger partial charge in [-0.2, -0.15) is 0 Å². The van der Waals surface area contributed by atoms with Crippen molar-refractivity contribution in [2.45, 2.75) is 45.8 Å². The zero-order chi connectivity index (χ0) is 17.8. The van der Waals surface area contributed by atoms with Crippen LogP contribution in [0.2, 0.25) is 0 Å². The first-order valence-electron chi connectivity index (χ1n) is 7.69. The SMILES string of the molecule is COc1ccc(CN(C)C[C@@H](C)N(C(=O)O)C(C)(C)C)cc1N. The van der Waals surface area contributed by atoms with E-state index in [2.05, 4.69) is 4.90 Å². The topological polar surface area (TPSA) is 79.0 Å². The van der Waals surface area contributed by atoms with Gasteiger partial charge >= 0.3 is 6.09 Å². The van der Waals surface area contributed by atoms with Crippen LogP contribution >= 0.6 is 0 Å². The van der Waals surface area contributed by atoms with Crippen LogP contribution in [0.5, 0.6) is 5.75 Å². The predicted octanol–water partition coefficient (Wildman–Crippen LogP) is 2.88. The molecule has 1 atom stereocenters. The number of nitrogen functional groups attached to an aromatic ring is 1. The van der Waals surface area contributed by atoms with E-state index in [4.69, 9.17) is 10.5 Å². The van der Waals surface area contributed by atoms with Gasteiger partial charge in [0.25, 0.3) is 0 Å². The average Bonchev–Trinajstić information content (AvgIpc) is 2.36. The molecule has 6 nitrogen and oxygen atoms in total. The molecule has 0 aliphatic rings. The predicted molar refractivity (Wildman–Crippen MR) is 92.8 cm³/mol. The van der Waals surface area contributed by atoms with E-state index >= 15 is 0 Å². The maximum atomic E-state index is 11.5. The quantitative estimate of drug-likeness (QED) is 0.787. The molecule has 0 saturated carbocycles. The number of benzene rings is 1. The third-order valence-corrected chi connectivity index (χ3v) is 3.69. The van der Waals surface area contributed by atoms with Gasteiger partial charge in [0.2, 0.25) is 0 Å². The third-order valence-electron chi connectivity index (χ3n) is 3.69. The zero-order valence-corrected chi connectivity index (χ0v) is 15.0. The number of methoxy groups -OCH3 is 1. The third kappa shape index (κ3) is 5.32. The molecule has 0 aromatic heterocycles. The standard InChI is InChI=1S/C17H29N3O3/c1-12(20(16(21)22)17(2,3)4)10-19(5)11-13-7-8-15(23-6)14(18)9-13/h7-9,12H,10-11,18H2,1-6H3,(H,21,22)/t12-/m1/s1. The van der Waals surface area contributed by atoms with Gasteiger partial charge in [-0.3, -0.25) is 4.90 Å². The molecule has 1 aromatic rings. The van der Waals surface area contributed by atoms with Crippen LogP contribution in [0, 0.1) is 0 Å². The molecule has 23 heavy (non-hydrogen) atoms. The molecule has 3 N–H and O–H groups in total. The van der Waals surface area contributed by atoms with Gasteiger partial charge in [-0.25, -0.2) is 4.79 Å². The molecule has 0 fully saturated rings. The Morgan fingerprint density at radius 1 is 1.39 bits per heavy atom. The minimum Gasteiger partial charge on any atom is -0.495 e. The summed E-state index contributed by atoms with van der Waals surface area (Å²) in [4.78, 5) is 15.1. The highest BCUT2D eigenvalue weighted by molar-refractivity contribution is 5.66. The molecular weight excluding hydrogens is 294 g/mol. The van der Waals surface area contributed by atoms with Crippen molar-refractivity contribution in [3.63, 3.8) is 0 Å². The number of carboxylic acid groups (broad SMARTS) is 1. The molecule has 0 unspecified atom stereocenters. The zero-order valence-electron chi connectivity index (χ0n) is 15.0. The summed E-state index contributed by atoms with van der Waals surface area (Å²) in [5, 5.41) is 9.45. The van der Waals surface area contributed by atoms with Crippen molar-refractivity contribution in [2.75, 3.05) is 26.4 Å². The van der Waals surface area contributed by atoms with Gasteiger partial charge < -0.3 is 20.5 Å². The number of nitrogens with zero attached hydrogens (tertiary/aromatic N) is 2. The molecule has 0 aliphatic carbocycles. The Labute approximate surface area is 138 Å². The molecule has 130 valence electrons. The smallest absolute Gasteiger partial charge is 0.408 e. The Balaban J connectivity index is 2.73.